The highest BCUT2D eigenvalue weighted by Crippen LogP contribution is 2.42. The fraction of sp³-hybridized carbons (Fsp3) is 0.167. The van der Waals surface area contributed by atoms with Crippen LogP contribution in [0.5, 0.6) is 5.75 Å². The molecule has 1 unspecified atom stereocenters. The van der Waals surface area contributed by atoms with E-state index in [-0.39, 0.29) is 16.4 Å². The Balaban J connectivity index is 2.39. The van der Waals surface area contributed by atoms with Crippen molar-refractivity contribution in [3.8, 4) is 5.75 Å². The first-order chi connectivity index (χ1) is 8.52. The zero-order valence-corrected chi connectivity index (χ0v) is 14.8. The molecule has 6 heteroatoms. The minimum absolute atomic E-state index is 0.0103. The minimum atomic E-state index is -0.355. The van der Waals surface area contributed by atoms with Crippen LogP contribution in [0.3, 0.4) is 0 Å². The molecule has 0 amide bonds. The maximum Gasteiger partial charge on any atom is 0.165 e. The molecule has 0 fully saturated rings. The average molecular weight is 459 g/mol. The zero-order chi connectivity index (χ0) is 13.3. The molecule has 1 nitrogen and oxygen atoms in total. The molecule has 1 aromatic carbocycles. The fourth-order valence-corrected chi connectivity index (χ4v) is 5.55. The van der Waals surface area contributed by atoms with Crippen molar-refractivity contribution in [2.75, 3.05) is 7.11 Å². The third-order valence-corrected chi connectivity index (χ3v) is 5.83. The van der Waals surface area contributed by atoms with E-state index in [1.807, 2.05) is 6.07 Å². The molecule has 0 saturated carbocycles. The number of alkyl halides is 1. The molecule has 2 aromatic rings. The van der Waals surface area contributed by atoms with Crippen LogP contribution in [0.2, 0.25) is 0 Å². The number of hydrogen-bond acceptors (Lipinski definition) is 2. The molecule has 0 aliphatic carbocycles. The number of rotatable bonds is 3. The average Bonchev–Trinajstić information content (AvgIpc) is 2.68. The van der Waals surface area contributed by atoms with Gasteiger partial charge < -0.3 is 4.74 Å². The Morgan fingerprint density at radius 2 is 2.00 bits per heavy atom. The first kappa shape index (κ1) is 14.5. The quantitative estimate of drug-likeness (QED) is 0.520. The number of thiophene rings is 1. The largest absolute Gasteiger partial charge is 0.494 e. The second-order valence-corrected chi connectivity index (χ2v) is 8.20. The summed E-state index contributed by atoms with van der Waals surface area (Å²) in [6.45, 7) is 0. The van der Waals surface area contributed by atoms with Crippen LogP contribution >= 0.6 is 59.1 Å². The first-order valence-corrected chi connectivity index (χ1v) is 8.27. The van der Waals surface area contributed by atoms with Gasteiger partial charge in [0, 0.05) is 0 Å². The van der Waals surface area contributed by atoms with Crippen molar-refractivity contribution in [2.24, 2.45) is 0 Å². The van der Waals surface area contributed by atoms with Gasteiger partial charge >= 0.3 is 0 Å². The molecule has 0 spiro atoms. The Morgan fingerprint density at radius 3 is 2.56 bits per heavy atom. The molecule has 0 aliphatic heterocycles. The van der Waals surface area contributed by atoms with Crippen LogP contribution in [0, 0.1) is 5.82 Å². The summed E-state index contributed by atoms with van der Waals surface area (Å²) in [5.74, 6) is -0.103. The molecule has 0 N–H and O–H groups in total. The number of ether oxygens (including phenoxy) is 1. The van der Waals surface area contributed by atoms with Gasteiger partial charge in [-0.05, 0) is 61.2 Å². The molecule has 18 heavy (non-hydrogen) atoms. The molecule has 1 atom stereocenters. The Bertz CT molecular complexity index is 570. The predicted octanol–water partition coefficient (Wildman–Crippen LogP) is 5.91. The van der Waals surface area contributed by atoms with Crippen LogP contribution in [0.15, 0.2) is 31.8 Å². The van der Waals surface area contributed by atoms with Gasteiger partial charge in [0.2, 0.25) is 0 Å². The van der Waals surface area contributed by atoms with Gasteiger partial charge in [-0.3, -0.25) is 0 Å². The monoisotopic (exact) mass is 456 g/mol. The van der Waals surface area contributed by atoms with E-state index in [4.69, 9.17) is 4.74 Å². The van der Waals surface area contributed by atoms with E-state index in [9.17, 15) is 4.39 Å². The minimum Gasteiger partial charge on any atom is -0.494 e. The summed E-state index contributed by atoms with van der Waals surface area (Å²) in [6, 6.07) is 6.89. The summed E-state index contributed by atoms with van der Waals surface area (Å²) in [4.78, 5) is -0.0103. The summed E-state index contributed by atoms with van der Waals surface area (Å²) in [7, 11) is 1.46. The molecule has 2 rings (SSSR count). The molecular weight excluding hydrogens is 451 g/mol. The predicted molar refractivity (Wildman–Crippen MR) is 83.4 cm³/mol. The van der Waals surface area contributed by atoms with Gasteiger partial charge in [-0.25, -0.2) is 4.39 Å². The number of methoxy groups -OCH3 is 1. The van der Waals surface area contributed by atoms with E-state index >= 15 is 0 Å². The smallest absolute Gasteiger partial charge is 0.165 e. The zero-order valence-electron chi connectivity index (χ0n) is 9.22. The highest BCUT2D eigenvalue weighted by atomic mass is 79.9. The van der Waals surface area contributed by atoms with Crippen molar-refractivity contribution < 1.29 is 9.13 Å². The Hall–Kier alpha value is 0.0900. The summed E-state index contributed by atoms with van der Waals surface area (Å²) in [5.41, 5.74) is 2.04. The second kappa shape index (κ2) is 6.03. The molecule has 96 valence electrons. The van der Waals surface area contributed by atoms with Crippen LogP contribution < -0.4 is 4.74 Å². The lowest BCUT2D eigenvalue weighted by atomic mass is 10.1. The normalized spacial score (nSPS) is 12.5. The molecular formula is C12H8Br3FOS. The van der Waals surface area contributed by atoms with Gasteiger partial charge in [-0.15, -0.1) is 11.3 Å². The molecule has 0 aliphatic rings. The van der Waals surface area contributed by atoms with Gasteiger partial charge in [0.15, 0.2) is 11.6 Å². The summed E-state index contributed by atoms with van der Waals surface area (Å²) < 4.78 is 20.4. The van der Waals surface area contributed by atoms with E-state index in [1.54, 1.807) is 23.5 Å². The van der Waals surface area contributed by atoms with Crippen LogP contribution in [-0.4, -0.2) is 7.11 Å². The van der Waals surface area contributed by atoms with Gasteiger partial charge in [-0.2, -0.15) is 0 Å². The van der Waals surface area contributed by atoms with Crippen LogP contribution in [0.1, 0.15) is 16.0 Å². The van der Waals surface area contributed by atoms with E-state index < -0.39 is 0 Å². The number of halogens is 4. The summed E-state index contributed by atoms with van der Waals surface area (Å²) in [5, 5.41) is 0. The molecule has 0 bridgehead atoms. The van der Waals surface area contributed by atoms with Crippen molar-refractivity contribution in [3.05, 3.63) is 48.8 Å². The molecule has 0 radical (unpaired) electrons. The summed E-state index contributed by atoms with van der Waals surface area (Å²) in [6.07, 6.45) is 0. The standard InChI is InChI=1S/C12H8Br3FOS/c1-17-9-4-6(2-3-8(9)16)11(14)7-5-10(13)18-12(7)15/h2-5,11H,1H3. The van der Waals surface area contributed by atoms with Crippen molar-refractivity contribution >= 4 is 59.1 Å². The lowest BCUT2D eigenvalue weighted by Crippen LogP contribution is -1.95. The highest BCUT2D eigenvalue weighted by Gasteiger charge is 2.17. The van der Waals surface area contributed by atoms with Gasteiger partial charge in [-0.1, -0.05) is 22.0 Å². The number of benzene rings is 1. The van der Waals surface area contributed by atoms with E-state index in [0.717, 1.165) is 18.7 Å². The maximum absolute atomic E-state index is 13.4. The Kier molecular flexibility index (Phi) is 4.86. The third kappa shape index (κ3) is 2.98. The van der Waals surface area contributed by atoms with Crippen molar-refractivity contribution in [1.29, 1.82) is 0 Å². The van der Waals surface area contributed by atoms with E-state index in [1.165, 1.54) is 13.2 Å². The van der Waals surface area contributed by atoms with Crippen molar-refractivity contribution in [2.45, 2.75) is 4.83 Å². The topological polar surface area (TPSA) is 9.23 Å². The molecule has 0 saturated heterocycles. The van der Waals surface area contributed by atoms with E-state index in [0.29, 0.717) is 0 Å². The first-order valence-electron chi connectivity index (χ1n) is 4.95. The SMILES string of the molecule is COc1cc(C(Br)c2cc(Br)sc2Br)ccc1F. The Labute approximate surface area is 134 Å². The summed E-state index contributed by atoms with van der Waals surface area (Å²) >= 11 is 12.2. The van der Waals surface area contributed by atoms with Gasteiger partial charge in [0.05, 0.1) is 19.5 Å². The van der Waals surface area contributed by atoms with Crippen LogP contribution in [-0.2, 0) is 0 Å². The molecule has 1 aromatic heterocycles. The number of hydrogen-bond donors (Lipinski definition) is 0. The van der Waals surface area contributed by atoms with Crippen LogP contribution in [0.4, 0.5) is 4.39 Å². The molecule has 1 heterocycles. The van der Waals surface area contributed by atoms with E-state index in [2.05, 4.69) is 47.8 Å². The lowest BCUT2D eigenvalue weighted by molar-refractivity contribution is 0.386. The Morgan fingerprint density at radius 1 is 1.28 bits per heavy atom. The van der Waals surface area contributed by atoms with Crippen molar-refractivity contribution in [3.63, 3.8) is 0 Å². The third-order valence-electron chi connectivity index (χ3n) is 2.42. The highest BCUT2D eigenvalue weighted by molar-refractivity contribution is 9.12. The lowest BCUT2D eigenvalue weighted by Gasteiger charge is -2.11. The van der Waals surface area contributed by atoms with Gasteiger partial charge in [0.25, 0.3) is 0 Å². The maximum atomic E-state index is 13.4. The van der Waals surface area contributed by atoms with Crippen LogP contribution in [0.25, 0.3) is 0 Å². The van der Waals surface area contributed by atoms with Gasteiger partial charge in [0.1, 0.15) is 0 Å². The second-order valence-electron chi connectivity index (χ2n) is 3.54. The van der Waals surface area contributed by atoms with Crippen molar-refractivity contribution in [1.82, 2.24) is 0 Å². The fourth-order valence-electron chi connectivity index (χ4n) is 1.54.